The van der Waals surface area contributed by atoms with Crippen LogP contribution in [0.1, 0.15) is 16.5 Å². The number of hydrogen-bond donors (Lipinski definition) is 0. The highest BCUT2D eigenvalue weighted by atomic mass is 32.2. The molecule has 2 aromatic rings. The Morgan fingerprint density at radius 1 is 1.26 bits per heavy atom. The lowest BCUT2D eigenvalue weighted by Crippen LogP contribution is -2.28. The first-order chi connectivity index (χ1) is 11.1. The van der Waals surface area contributed by atoms with Crippen molar-refractivity contribution < 1.29 is 18.3 Å². The molecule has 3 nitrogen and oxygen atoms in total. The summed E-state index contributed by atoms with van der Waals surface area (Å²) in [5.74, 6) is -0.340. The van der Waals surface area contributed by atoms with Crippen molar-refractivity contribution in [2.75, 3.05) is 12.9 Å². The van der Waals surface area contributed by atoms with Crippen molar-refractivity contribution in [3.63, 3.8) is 0 Å². The fourth-order valence-electron chi connectivity index (χ4n) is 2.59. The number of amides is 1. The molecule has 0 spiro atoms. The van der Waals surface area contributed by atoms with Crippen LogP contribution in [0.5, 0.6) is 5.75 Å². The summed E-state index contributed by atoms with van der Waals surface area (Å²) in [6.07, 6.45) is 0. The molecular formula is C17H15F2NO2S. The molecule has 3 rings (SSSR count). The van der Waals surface area contributed by atoms with Gasteiger partial charge in [0, 0.05) is 17.2 Å². The number of ether oxygens (including phenoxy) is 1. The Morgan fingerprint density at radius 2 is 2.04 bits per heavy atom. The molecule has 0 saturated carbocycles. The number of nitrogens with zero attached hydrogens (tertiary/aromatic N) is 1. The monoisotopic (exact) mass is 335 g/mol. The Balaban J connectivity index is 1.91. The summed E-state index contributed by atoms with van der Waals surface area (Å²) < 4.78 is 32.3. The molecule has 1 aliphatic heterocycles. The number of methoxy groups -OCH3 is 1. The number of rotatable bonds is 4. The first-order valence-electron chi connectivity index (χ1n) is 7.08. The van der Waals surface area contributed by atoms with Crippen LogP contribution >= 0.6 is 11.8 Å². The van der Waals surface area contributed by atoms with Crippen molar-refractivity contribution in [3.8, 4) is 5.75 Å². The second-order valence-electron chi connectivity index (χ2n) is 5.16. The lowest BCUT2D eigenvalue weighted by Gasteiger charge is -2.25. The fourth-order valence-corrected chi connectivity index (χ4v) is 3.80. The van der Waals surface area contributed by atoms with Crippen molar-refractivity contribution in [2.24, 2.45) is 0 Å². The molecule has 1 heterocycles. The number of carbonyl (C=O) groups excluding carboxylic acids is 1. The zero-order valence-corrected chi connectivity index (χ0v) is 13.3. The molecular weight excluding hydrogens is 320 g/mol. The number of benzene rings is 2. The lowest BCUT2D eigenvalue weighted by atomic mass is 10.1. The highest BCUT2D eigenvalue weighted by molar-refractivity contribution is 8.00. The Labute approximate surface area is 137 Å². The van der Waals surface area contributed by atoms with Gasteiger partial charge in [-0.05, 0) is 12.1 Å². The van der Waals surface area contributed by atoms with E-state index in [0.717, 1.165) is 11.6 Å². The van der Waals surface area contributed by atoms with E-state index in [1.165, 1.54) is 23.9 Å². The van der Waals surface area contributed by atoms with E-state index in [-0.39, 0.29) is 17.8 Å². The third-order valence-corrected chi connectivity index (χ3v) is 4.97. The molecule has 23 heavy (non-hydrogen) atoms. The summed E-state index contributed by atoms with van der Waals surface area (Å²) in [6, 6.07) is 10.9. The average Bonchev–Trinajstić information content (AvgIpc) is 2.91. The summed E-state index contributed by atoms with van der Waals surface area (Å²) in [5, 5.41) is -0.247. The van der Waals surface area contributed by atoms with Gasteiger partial charge < -0.3 is 9.64 Å². The number of thioether (sulfide) groups is 1. The Morgan fingerprint density at radius 3 is 2.78 bits per heavy atom. The van der Waals surface area contributed by atoms with Crippen LogP contribution in [0.15, 0.2) is 42.5 Å². The zero-order chi connectivity index (χ0) is 16.4. The van der Waals surface area contributed by atoms with Gasteiger partial charge in [0.05, 0.1) is 19.4 Å². The highest BCUT2D eigenvalue weighted by Gasteiger charge is 2.34. The van der Waals surface area contributed by atoms with Gasteiger partial charge >= 0.3 is 0 Å². The smallest absolute Gasteiger partial charge is 0.234 e. The van der Waals surface area contributed by atoms with Crippen molar-refractivity contribution in [1.82, 2.24) is 4.90 Å². The van der Waals surface area contributed by atoms with Crippen molar-refractivity contribution in [2.45, 2.75) is 11.9 Å². The van der Waals surface area contributed by atoms with E-state index in [0.29, 0.717) is 17.1 Å². The number of carbonyl (C=O) groups is 1. The standard InChI is InChI=1S/C17H15F2NO2S/c1-22-15-5-3-2-4-13(15)17-20(16(21)10-23-17)9-11-6-7-12(18)8-14(11)19/h2-8,17H,9-10H2,1H3. The van der Waals surface area contributed by atoms with E-state index in [2.05, 4.69) is 0 Å². The van der Waals surface area contributed by atoms with Crippen LogP contribution in [-0.4, -0.2) is 23.7 Å². The van der Waals surface area contributed by atoms with E-state index >= 15 is 0 Å². The summed E-state index contributed by atoms with van der Waals surface area (Å²) in [6.45, 7) is 0.0979. The molecule has 1 unspecified atom stereocenters. The van der Waals surface area contributed by atoms with Crippen molar-refractivity contribution >= 4 is 17.7 Å². The summed E-state index contributed by atoms with van der Waals surface area (Å²) in [7, 11) is 1.57. The molecule has 2 aromatic carbocycles. The van der Waals surface area contributed by atoms with Gasteiger partial charge in [-0.15, -0.1) is 11.8 Å². The van der Waals surface area contributed by atoms with E-state index in [1.54, 1.807) is 12.0 Å². The maximum Gasteiger partial charge on any atom is 0.234 e. The minimum atomic E-state index is -0.645. The molecule has 0 aromatic heterocycles. The summed E-state index contributed by atoms with van der Waals surface area (Å²) in [4.78, 5) is 13.8. The average molecular weight is 335 g/mol. The summed E-state index contributed by atoms with van der Waals surface area (Å²) in [5.41, 5.74) is 1.16. The third kappa shape index (κ3) is 3.17. The molecule has 6 heteroatoms. The summed E-state index contributed by atoms with van der Waals surface area (Å²) >= 11 is 1.47. The maximum absolute atomic E-state index is 13.9. The molecule has 0 bridgehead atoms. The van der Waals surface area contributed by atoms with Crippen LogP contribution in [0.4, 0.5) is 8.78 Å². The first kappa shape index (κ1) is 15.8. The van der Waals surface area contributed by atoms with Crippen molar-refractivity contribution in [3.05, 3.63) is 65.2 Å². The number of halogens is 2. The van der Waals surface area contributed by atoms with E-state index < -0.39 is 11.6 Å². The predicted octanol–water partition coefficient (Wildman–Crippen LogP) is 3.75. The van der Waals surface area contributed by atoms with E-state index in [4.69, 9.17) is 4.74 Å². The normalized spacial score (nSPS) is 17.6. The van der Waals surface area contributed by atoms with Crippen LogP contribution in [0.25, 0.3) is 0 Å². The predicted molar refractivity (Wildman–Crippen MR) is 85.1 cm³/mol. The number of para-hydroxylation sites is 1. The SMILES string of the molecule is COc1ccccc1C1SCC(=O)N1Cc1ccc(F)cc1F. The van der Waals surface area contributed by atoms with Gasteiger partial charge in [-0.2, -0.15) is 0 Å². The van der Waals surface area contributed by atoms with Gasteiger partial charge in [0.2, 0.25) is 5.91 Å². The minimum Gasteiger partial charge on any atom is -0.496 e. The lowest BCUT2D eigenvalue weighted by molar-refractivity contribution is -0.128. The molecule has 120 valence electrons. The molecule has 0 aliphatic carbocycles. The molecule has 1 amide bonds. The largest absolute Gasteiger partial charge is 0.496 e. The molecule has 1 aliphatic rings. The van der Waals surface area contributed by atoms with Gasteiger partial charge in [-0.25, -0.2) is 8.78 Å². The molecule has 0 N–H and O–H groups in total. The van der Waals surface area contributed by atoms with Gasteiger partial charge in [-0.1, -0.05) is 24.3 Å². The van der Waals surface area contributed by atoms with Crippen LogP contribution in [0, 0.1) is 11.6 Å². The molecule has 1 saturated heterocycles. The van der Waals surface area contributed by atoms with E-state index in [1.807, 2.05) is 24.3 Å². The van der Waals surface area contributed by atoms with Gasteiger partial charge in [0.1, 0.15) is 22.8 Å². The zero-order valence-electron chi connectivity index (χ0n) is 12.5. The fraction of sp³-hybridized carbons (Fsp3) is 0.235. The first-order valence-corrected chi connectivity index (χ1v) is 8.13. The van der Waals surface area contributed by atoms with E-state index in [9.17, 15) is 13.6 Å². The van der Waals surface area contributed by atoms with Crippen molar-refractivity contribution in [1.29, 1.82) is 0 Å². The second kappa shape index (κ2) is 6.58. The number of hydrogen-bond acceptors (Lipinski definition) is 3. The molecule has 0 radical (unpaired) electrons. The van der Waals surface area contributed by atoms with Gasteiger partial charge in [-0.3, -0.25) is 4.79 Å². The van der Waals surface area contributed by atoms with Crippen LogP contribution in [0.2, 0.25) is 0 Å². The quantitative estimate of drug-likeness (QED) is 0.852. The minimum absolute atomic E-state index is 0.0744. The van der Waals surface area contributed by atoms with Gasteiger partial charge in [0.15, 0.2) is 0 Å². The second-order valence-corrected chi connectivity index (χ2v) is 6.23. The highest BCUT2D eigenvalue weighted by Crippen LogP contribution is 2.43. The van der Waals surface area contributed by atoms with Gasteiger partial charge in [0.25, 0.3) is 0 Å². The molecule has 1 atom stereocenters. The van der Waals surface area contributed by atoms with Crippen LogP contribution in [-0.2, 0) is 11.3 Å². The topological polar surface area (TPSA) is 29.5 Å². The van der Waals surface area contributed by atoms with Crippen LogP contribution < -0.4 is 4.74 Å². The molecule has 1 fully saturated rings. The van der Waals surface area contributed by atoms with Crippen LogP contribution in [0.3, 0.4) is 0 Å². The third-order valence-electron chi connectivity index (χ3n) is 3.73. The Hall–Kier alpha value is -2.08. The Kier molecular flexibility index (Phi) is 4.52. The maximum atomic E-state index is 13.9. The Bertz CT molecular complexity index is 738.